The average Bonchev–Trinajstić information content (AvgIpc) is 2.41. The highest BCUT2D eigenvalue weighted by Crippen LogP contribution is 2.53. The van der Waals surface area contributed by atoms with Gasteiger partial charge in [-0.15, -0.1) is 0 Å². The fourth-order valence-electron chi connectivity index (χ4n) is 4.79. The summed E-state index contributed by atoms with van der Waals surface area (Å²) in [4.78, 5) is 12.3. The van der Waals surface area contributed by atoms with Gasteiger partial charge in [0.05, 0.1) is 5.60 Å². The fraction of sp³-hybridized carbons (Fsp3) is 0.850. The highest BCUT2D eigenvalue weighted by Gasteiger charge is 2.49. The smallest absolute Gasteiger partial charge is 0.136 e. The van der Waals surface area contributed by atoms with Gasteiger partial charge in [0.1, 0.15) is 5.78 Å². The lowest BCUT2D eigenvalue weighted by Gasteiger charge is -2.53. The molecule has 4 atom stereocenters. The summed E-state index contributed by atoms with van der Waals surface area (Å²) in [5.74, 6) is 1.43. The molecule has 1 N–H and O–H groups in total. The van der Waals surface area contributed by atoms with Crippen LogP contribution in [0.1, 0.15) is 79.6 Å². The fourth-order valence-corrected chi connectivity index (χ4v) is 4.79. The summed E-state index contributed by atoms with van der Waals surface area (Å²) >= 11 is 0. The first-order valence-electron chi connectivity index (χ1n) is 9.05. The second kappa shape index (κ2) is 6.47. The number of hydrogen-bond acceptors (Lipinski definition) is 2. The Morgan fingerprint density at radius 3 is 2.50 bits per heavy atom. The Bertz CT molecular complexity index is 445. The molecule has 0 aromatic heterocycles. The Labute approximate surface area is 136 Å². The van der Waals surface area contributed by atoms with E-state index in [9.17, 15) is 9.90 Å². The van der Waals surface area contributed by atoms with Crippen LogP contribution in [0, 0.1) is 23.2 Å². The molecule has 0 amide bonds. The van der Waals surface area contributed by atoms with Gasteiger partial charge in [0.2, 0.25) is 0 Å². The molecular formula is C20H34O2. The maximum atomic E-state index is 12.3. The Morgan fingerprint density at radius 1 is 1.14 bits per heavy atom. The third-order valence-corrected chi connectivity index (χ3v) is 6.65. The molecule has 126 valence electrons. The minimum absolute atomic E-state index is 0.124. The lowest BCUT2D eigenvalue weighted by atomic mass is 9.54. The molecule has 2 aliphatic carbocycles. The van der Waals surface area contributed by atoms with E-state index in [-0.39, 0.29) is 17.3 Å². The minimum Gasteiger partial charge on any atom is -0.390 e. The topological polar surface area (TPSA) is 37.3 Å². The number of allylic oxidation sites excluding steroid dienone is 2. The van der Waals surface area contributed by atoms with E-state index in [1.807, 2.05) is 6.92 Å². The molecule has 2 aliphatic rings. The van der Waals surface area contributed by atoms with E-state index in [1.165, 1.54) is 5.57 Å². The van der Waals surface area contributed by atoms with Gasteiger partial charge in [0.25, 0.3) is 0 Å². The van der Waals surface area contributed by atoms with Crippen molar-refractivity contribution in [2.45, 2.75) is 85.2 Å². The van der Waals surface area contributed by atoms with Crippen molar-refractivity contribution in [2.24, 2.45) is 23.2 Å². The molecular weight excluding hydrogens is 272 g/mol. The van der Waals surface area contributed by atoms with Crippen LogP contribution in [0.4, 0.5) is 0 Å². The summed E-state index contributed by atoms with van der Waals surface area (Å²) in [5, 5.41) is 10.9. The van der Waals surface area contributed by atoms with Gasteiger partial charge in [-0.25, -0.2) is 0 Å². The molecule has 2 bridgehead atoms. The lowest BCUT2D eigenvalue weighted by molar-refractivity contribution is -0.128. The number of aliphatic hydroxyl groups is 1. The zero-order chi connectivity index (χ0) is 16.5. The number of fused-ring (bicyclic) bond motifs is 2. The van der Waals surface area contributed by atoms with Crippen LogP contribution in [0.2, 0.25) is 0 Å². The Hall–Kier alpha value is -0.630. The largest absolute Gasteiger partial charge is 0.390 e. The zero-order valence-corrected chi connectivity index (χ0v) is 15.1. The van der Waals surface area contributed by atoms with Gasteiger partial charge in [-0.3, -0.25) is 4.79 Å². The quantitative estimate of drug-likeness (QED) is 0.646. The molecule has 1 fully saturated rings. The van der Waals surface area contributed by atoms with E-state index < -0.39 is 5.60 Å². The molecule has 2 nitrogen and oxygen atoms in total. The summed E-state index contributed by atoms with van der Waals surface area (Å²) in [6.45, 7) is 10.9. The van der Waals surface area contributed by atoms with Crippen LogP contribution in [-0.4, -0.2) is 16.5 Å². The van der Waals surface area contributed by atoms with Crippen molar-refractivity contribution in [3.05, 3.63) is 11.6 Å². The maximum absolute atomic E-state index is 12.3. The summed E-state index contributed by atoms with van der Waals surface area (Å²) < 4.78 is 0. The van der Waals surface area contributed by atoms with Gasteiger partial charge in [-0.05, 0) is 69.6 Å². The first-order valence-corrected chi connectivity index (χ1v) is 9.05. The third kappa shape index (κ3) is 3.64. The molecule has 2 rings (SSSR count). The zero-order valence-electron chi connectivity index (χ0n) is 15.1. The van der Waals surface area contributed by atoms with E-state index in [0.717, 1.165) is 38.5 Å². The number of Topliss-reactive ketones (excluding diaryl/α,β-unsaturated/α-hetero) is 1. The SMILES string of the molecule is C/C1=C\CC2CCC(C)(O)C(CCC(C)C(=O)CC1)C2(C)C. The molecule has 0 spiro atoms. The van der Waals surface area contributed by atoms with Crippen LogP contribution >= 0.6 is 0 Å². The molecule has 0 aromatic rings. The second-order valence-corrected chi connectivity index (χ2v) is 8.70. The number of ketones is 1. The highest BCUT2D eigenvalue weighted by atomic mass is 16.3. The highest BCUT2D eigenvalue weighted by molar-refractivity contribution is 5.80. The van der Waals surface area contributed by atoms with Gasteiger partial charge in [0, 0.05) is 12.3 Å². The maximum Gasteiger partial charge on any atom is 0.136 e. The molecule has 0 heterocycles. The molecule has 0 saturated heterocycles. The predicted octanol–water partition coefficient (Wildman–Crippen LogP) is 4.91. The monoisotopic (exact) mass is 306 g/mol. The van der Waals surface area contributed by atoms with E-state index in [0.29, 0.717) is 18.1 Å². The van der Waals surface area contributed by atoms with Crippen molar-refractivity contribution < 1.29 is 9.90 Å². The number of carbonyl (C=O) groups is 1. The summed E-state index contributed by atoms with van der Waals surface area (Å²) in [5.41, 5.74) is 0.886. The molecule has 22 heavy (non-hydrogen) atoms. The first kappa shape index (κ1) is 17.7. The van der Waals surface area contributed by atoms with Crippen LogP contribution in [0.25, 0.3) is 0 Å². The van der Waals surface area contributed by atoms with Crippen molar-refractivity contribution in [1.82, 2.24) is 0 Å². The Morgan fingerprint density at radius 2 is 1.82 bits per heavy atom. The summed E-state index contributed by atoms with van der Waals surface area (Å²) in [7, 11) is 0. The van der Waals surface area contributed by atoms with Crippen LogP contribution in [-0.2, 0) is 4.79 Å². The van der Waals surface area contributed by atoms with Gasteiger partial charge in [-0.1, -0.05) is 32.4 Å². The van der Waals surface area contributed by atoms with Crippen molar-refractivity contribution in [2.75, 3.05) is 0 Å². The summed E-state index contributed by atoms with van der Waals surface area (Å²) in [6.07, 6.45) is 8.91. The van der Waals surface area contributed by atoms with Crippen LogP contribution in [0.5, 0.6) is 0 Å². The molecule has 2 heteroatoms. The van der Waals surface area contributed by atoms with Crippen molar-refractivity contribution in [3.63, 3.8) is 0 Å². The Kier molecular flexibility index (Phi) is 5.21. The van der Waals surface area contributed by atoms with Crippen LogP contribution in [0.3, 0.4) is 0 Å². The number of rotatable bonds is 0. The molecule has 1 saturated carbocycles. The van der Waals surface area contributed by atoms with E-state index >= 15 is 0 Å². The minimum atomic E-state index is -0.592. The average molecular weight is 306 g/mol. The molecule has 0 radical (unpaired) electrons. The van der Waals surface area contributed by atoms with E-state index in [4.69, 9.17) is 0 Å². The number of hydrogen-bond donors (Lipinski definition) is 1. The van der Waals surface area contributed by atoms with Crippen LogP contribution < -0.4 is 0 Å². The van der Waals surface area contributed by atoms with Gasteiger partial charge >= 0.3 is 0 Å². The van der Waals surface area contributed by atoms with Crippen molar-refractivity contribution in [3.8, 4) is 0 Å². The van der Waals surface area contributed by atoms with Gasteiger partial charge < -0.3 is 5.11 Å². The summed E-state index contributed by atoms with van der Waals surface area (Å²) in [6, 6.07) is 0. The normalized spacial score (nSPS) is 42.7. The van der Waals surface area contributed by atoms with E-state index in [1.54, 1.807) is 0 Å². The predicted molar refractivity (Wildman–Crippen MR) is 91.6 cm³/mol. The van der Waals surface area contributed by atoms with Crippen molar-refractivity contribution >= 4 is 5.78 Å². The van der Waals surface area contributed by atoms with Crippen molar-refractivity contribution in [1.29, 1.82) is 0 Å². The molecule has 0 aromatic carbocycles. The molecule has 0 aliphatic heterocycles. The Balaban J connectivity index is 2.31. The lowest BCUT2D eigenvalue weighted by Crippen LogP contribution is -2.51. The molecule has 4 unspecified atom stereocenters. The first-order chi connectivity index (χ1) is 10.1. The third-order valence-electron chi connectivity index (χ3n) is 6.65. The van der Waals surface area contributed by atoms with Gasteiger partial charge in [0.15, 0.2) is 0 Å². The standard InChI is InChI=1S/C20H34O2/c1-14-6-9-16-12-13-20(5,22)18(19(16,3)4)11-8-15(2)17(21)10-7-14/h6,15-16,18,22H,7-13H2,1-5H3/b14-6+. The second-order valence-electron chi connectivity index (χ2n) is 8.70. The van der Waals surface area contributed by atoms with Crippen LogP contribution in [0.15, 0.2) is 11.6 Å². The van der Waals surface area contributed by atoms with E-state index in [2.05, 4.69) is 33.8 Å². The number of carbonyl (C=O) groups excluding carboxylic acids is 1. The van der Waals surface area contributed by atoms with Gasteiger partial charge in [-0.2, -0.15) is 0 Å².